The summed E-state index contributed by atoms with van der Waals surface area (Å²) in [5.41, 5.74) is 0.0607. The van der Waals surface area contributed by atoms with Gasteiger partial charge in [0.25, 0.3) is 5.56 Å². The van der Waals surface area contributed by atoms with Crippen LogP contribution in [0.1, 0.15) is 11.1 Å². The van der Waals surface area contributed by atoms with E-state index in [1.807, 2.05) is 0 Å². The molecule has 0 saturated heterocycles. The molecule has 2 aromatic carbocycles. The van der Waals surface area contributed by atoms with Gasteiger partial charge in [-0.1, -0.05) is 59.6 Å². The molecule has 0 radical (unpaired) electrons. The lowest BCUT2D eigenvalue weighted by atomic mass is 10.2. The van der Waals surface area contributed by atoms with Crippen molar-refractivity contribution in [1.82, 2.24) is 9.13 Å². The molecule has 1 aromatic heterocycles. The van der Waals surface area contributed by atoms with Gasteiger partial charge in [0, 0.05) is 10.0 Å². The van der Waals surface area contributed by atoms with Crippen molar-refractivity contribution in [2.24, 2.45) is 0 Å². The Hall–Kier alpha value is -2.50. The number of benzene rings is 2. The number of hydrogen-bond donors (Lipinski definition) is 1. The standard InChI is InChI=1S/C18H14Cl2N2O3/c19-14-7-3-1-5-12(14)10-21-16(23)9-17(24)22(18(21)25)11-13-6-2-4-8-15(13)20/h1-9,23H,10-11H2. The zero-order valence-electron chi connectivity index (χ0n) is 13.0. The van der Waals surface area contributed by atoms with Crippen molar-refractivity contribution in [3.8, 4) is 5.88 Å². The fraction of sp³-hybridized carbons (Fsp3) is 0.111. The Balaban J connectivity index is 2.07. The molecule has 1 N–H and O–H groups in total. The Kier molecular flexibility index (Phi) is 4.97. The molecule has 0 fully saturated rings. The van der Waals surface area contributed by atoms with E-state index in [4.69, 9.17) is 23.2 Å². The first kappa shape index (κ1) is 17.3. The highest BCUT2D eigenvalue weighted by molar-refractivity contribution is 6.31. The molecule has 0 unspecified atom stereocenters. The Labute approximate surface area is 153 Å². The van der Waals surface area contributed by atoms with E-state index in [0.29, 0.717) is 21.2 Å². The van der Waals surface area contributed by atoms with E-state index in [-0.39, 0.29) is 13.1 Å². The predicted molar refractivity (Wildman–Crippen MR) is 97.7 cm³/mol. The van der Waals surface area contributed by atoms with Gasteiger partial charge in [-0.3, -0.25) is 13.9 Å². The number of halogens is 2. The third-order valence-corrected chi connectivity index (χ3v) is 4.57. The maximum absolute atomic E-state index is 12.7. The molecule has 3 rings (SSSR count). The van der Waals surface area contributed by atoms with Crippen LogP contribution in [0, 0.1) is 0 Å². The maximum atomic E-state index is 12.7. The SMILES string of the molecule is O=c1cc(O)n(Cc2ccccc2Cl)c(=O)n1Cc1ccccc1Cl. The molecular weight excluding hydrogens is 363 g/mol. The number of aromatic nitrogens is 2. The van der Waals surface area contributed by atoms with Crippen LogP contribution >= 0.6 is 23.2 Å². The molecule has 0 spiro atoms. The van der Waals surface area contributed by atoms with Crippen LogP contribution < -0.4 is 11.2 Å². The minimum Gasteiger partial charge on any atom is -0.494 e. The fourth-order valence-electron chi connectivity index (χ4n) is 2.49. The van der Waals surface area contributed by atoms with Crippen LogP contribution in [0.15, 0.2) is 64.2 Å². The maximum Gasteiger partial charge on any atom is 0.334 e. The van der Waals surface area contributed by atoms with Gasteiger partial charge >= 0.3 is 5.69 Å². The van der Waals surface area contributed by atoms with Crippen LogP contribution in [0.4, 0.5) is 0 Å². The second-order valence-electron chi connectivity index (χ2n) is 5.48. The van der Waals surface area contributed by atoms with Crippen LogP contribution in [-0.2, 0) is 13.1 Å². The van der Waals surface area contributed by atoms with Gasteiger partial charge in [-0.25, -0.2) is 4.79 Å². The van der Waals surface area contributed by atoms with Crippen molar-refractivity contribution in [3.63, 3.8) is 0 Å². The Morgan fingerprint density at radius 3 is 1.80 bits per heavy atom. The van der Waals surface area contributed by atoms with Gasteiger partial charge in [-0.2, -0.15) is 0 Å². The zero-order valence-corrected chi connectivity index (χ0v) is 14.5. The largest absolute Gasteiger partial charge is 0.494 e. The number of aromatic hydroxyl groups is 1. The number of hydrogen-bond acceptors (Lipinski definition) is 3. The van der Waals surface area contributed by atoms with Gasteiger partial charge in [-0.05, 0) is 23.3 Å². The van der Waals surface area contributed by atoms with Crippen molar-refractivity contribution >= 4 is 23.2 Å². The van der Waals surface area contributed by atoms with E-state index in [1.165, 1.54) is 0 Å². The van der Waals surface area contributed by atoms with Crippen LogP contribution in [0.2, 0.25) is 10.0 Å². The molecule has 0 bridgehead atoms. The summed E-state index contributed by atoms with van der Waals surface area (Å²) in [6, 6.07) is 15.0. The van der Waals surface area contributed by atoms with E-state index in [0.717, 1.165) is 15.2 Å². The Morgan fingerprint density at radius 2 is 1.28 bits per heavy atom. The van der Waals surface area contributed by atoms with E-state index in [1.54, 1.807) is 48.5 Å². The van der Waals surface area contributed by atoms with Crippen molar-refractivity contribution < 1.29 is 5.11 Å². The van der Waals surface area contributed by atoms with E-state index in [2.05, 4.69) is 0 Å². The van der Waals surface area contributed by atoms with E-state index >= 15 is 0 Å². The second-order valence-corrected chi connectivity index (χ2v) is 6.29. The summed E-state index contributed by atoms with van der Waals surface area (Å²) in [5, 5.41) is 11.0. The quantitative estimate of drug-likeness (QED) is 0.760. The van der Waals surface area contributed by atoms with Crippen LogP contribution in [0.25, 0.3) is 0 Å². The molecule has 5 nitrogen and oxygen atoms in total. The summed E-state index contributed by atoms with van der Waals surface area (Å²) < 4.78 is 2.12. The van der Waals surface area contributed by atoms with Crippen molar-refractivity contribution in [3.05, 3.63) is 96.6 Å². The summed E-state index contributed by atoms with van der Waals surface area (Å²) >= 11 is 12.2. The molecule has 7 heteroatoms. The first-order valence-electron chi connectivity index (χ1n) is 7.48. The monoisotopic (exact) mass is 376 g/mol. The van der Waals surface area contributed by atoms with Gasteiger partial charge in [0.2, 0.25) is 5.88 Å². The summed E-state index contributed by atoms with van der Waals surface area (Å²) in [6.07, 6.45) is 0. The molecule has 1 heterocycles. The molecule has 0 aliphatic rings. The lowest BCUT2D eigenvalue weighted by Crippen LogP contribution is -2.39. The molecule has 0 aliphatic carbocycles. The summed E-state index contributed by atoms with van der Waals surface area (Å²) in [7, 11) is 0. The molecule has 25 heavy (non-hydrogen) atoms. The average Bonchev–Trinajstić information content (AvgIpc) is 2.58. The first-order valence-corrected chi connectivity index (χ1v) is 8.23. The van der Waals surface area contributed by atoms with E-state index in [9.17, 15) is 14.7 Å². The Morgan fingerprint density at radius 1 is 0.800 bits per heavy atom. The van der Waals surface area contributed by atoms with Gasteiger partial charge in [0.1, 0.15) is 0 Å². The van der Waals surface area contributed by atoms with Crippen molar-refractivity contribution in [2.45, 2.75) is 13.1 Å². The molecule has 0 atom stereocenters. The predicted octanol–water partition coefficient (Wildman–Crippen LogP) is 3.12. The van der Waals surface area contributed by atoms with Crippen molar-refractivity contribution in [1.29, 1.82) is 0 Å². The van der Waals surface area contributed by atoms with Gasteiger partial charge in [-0.15, -0.1) is 0 Å². The second kappa shape index (κ2) is 7.17. The highest BCUT2D eigenvalue weighted by atomic mass is 35.5. The third kappa shape index (κ3) is 3.62. The number of rotatable bonds is 4. The molecule has 0 saturated carbocycles. The van der Waals surface area contributed by atoms with Crippen molar-refractivity contribution in [2.75, 3.05) is 0 Å². The average molecular weight is 377 g/mol. The molecule has 0 aliphatic heterocycles. The van der Waals surface area contributed by atoms with Gasteiger partial charge in [0.05, 0.1) is 19.2 Å². The molecule has 3 aromatic rings. The minimum atomic E-state index is -0.634. The summed E-state index contributed by atoms with van der Waals surface area (Å²) in [4.78, 5) is 24.9. The lowest BCUT2D eigenvalue weighted by Gasteiger charge is -2.13. The normalized spacial score (nSPS) is 10.8. The molecule has 0 amide bonds. The number of nitrogens with zero attached hydrogens (tertiary/aromatic N) is 2. The van der Waals surface area contributed by atoms with Crippen LogP contribution in [0.3, 0.4) is 0 Å². The topological polar surface area (TPSA) is 64.2 Å². The highest BCUT2D eigenvalue weighted by Gasteiger charge is 2.13. The van der Waals surface area contributed by atoms with Gasteiger partial charge in [0.15, 0.2) is 0 Å². The molecular formula is C18H14Cl2N2O3. The van der Waals surface area contributed by atoms with Gasteiger partial charge < -0.3 is 5.11 Å². The minimum absolute atomic E-state index is 0.0140. The third-order valence-electron chi connectivity index (χ3n) is 3.83. The highest BCUT2D eigenvalue weighted by Crippen LogP contribution is 2.18. The van der Waals surface area contributed by atoms with E-state index < -0.39 is 17.1 Å². The fourth-order valence-corrected chi connectivity index (χ4v) is 2.88. The lowest BCUT2D eigenvalue weighted by molar-refractivity contribution is 0.400. The zero-order chi connectivity index (χ0) is 18.0. The smallest absolute Gasteiger partial charge is 0.334 e. The first-order chi connectivity index (χ1) is 12.0. The summed E-state index contributed by atoms with van der Waals surface area (Å²) in [6.45, 7) is 0.0628. The summed E-state index contributed by atoms with van der Waals surface area (Å²) in [5.74, 6) is -0.412. The molecule has 128 valence electrons. The van der Waals surface area contributed by atoms with Crippen LogP contribution in [-0.4, -0.2) is 14.2 Å². The van der Waals surface area contributed by atoms with Crippen LogP contribution in [0.5, 0.6) is 5.88 Å². The Bertz CT molecular complexity index is 1040.